The number of halogens is 1. The number of ketones is 1. The van der Waals surface area contributed by atoms with Crippen LogP contribution in [-0.4, -0.2) is 23.5 Å². The molecular formula is C25H31FO3. The van der Waals surface area contributed by atoms with Gasteiger partial charge in [-0.3, -0.25) is 9.59 Å². The molecular weight excluding hydrogens is 367 g/mol. The van der Waals surface area contributed by atoms with Crippen LogP contribution < -0.4 is 0 Å². The van der Waals surface area contributed by atoms with E-state index in [4.69, 9.17) is 4.74 Å². The van der Waals surface area contributed by atoms with Gasteiger partial charge in [0.1, 0.15) is 11.8 Å². The summed E-state index contributed by atoms with van der Waals surface area (Å²) < 4.78 is 22.2. The summed E-state index contributed by atoms with van der Waals surface area (Å²) in [5, 5.41) is 0. The van der Waals surface area contributed by atoms with Crippen molar-refractivity contribution >= 4 is 11.8 Å². The first kappa shape index (κ1) is 18.3. The topological polar surface area (TPSA) is 43.4 Å². The van der Waals surface area contributed by atoms with Gasteiger partial charge in [-0.15, -0.1) is 0 Å². The highest BCUT2D eigenvalue weighted by Gasteiger charge is 2.74. The Kier molecular flexibility index (Phi) is 3.31. The van der Waals surface area contributed by atoms with Crippen molar-refractivity contribution in [1.29, 1.82) is 0 Å². The van der Waals surface area contributed by atoms with Gasteiger partial charge in [0.15, 0.2) is 5.78 Å². The van der Waals surface area contributed by atoms with Crippen molar-refractivity contribution in [3.8, 4) is 0 Å². The Morgan fingerprint density at radius 2 is 1.90 bits per heavy atom. The molecule has 156 valence electrons. The zero-order valence-electron chi connectivity index (χ0n) is 17.7. The van der Waals surface area contributed by atoms with Gasteiger partial charge in [0, 0.05) is 23.2 Å². The molecule has 0 radical (unpaired) electrons. The van der Waals surface area contributed by atoms with E-state index < -0.39 is 11.8 Å². The van der Waals surface area contributed by atoms with Crippen molar-refractivity contribution in [2.75, 3.05) is 0 Å². The molecule has 0 N–H and O–H groups in total. The van der Waals surface area contributed by atoms with Crippen LogP contribution in [0.25, 0.3) is 0 Å². The number of ether oxygens (including phenoxy) is 1. The highest BCUT2D eigenvalue weighted by molar-refractivity contribution is 6.01. The molecule has 4 saturated carbocycles. The molecule has 1 aliphatic heterocycles. The third-order valence-corrected chi connectivity index (χ3v) is 10.4. The average molecular weight is 399 g/mol. The van der Waals surface area contributed by atoms with Gasteiger partial charge in [0.05, 0.1) is 0 Å². The maximum Gasteiger partial charge on any atom is 0.306 e. The molecule has 4 heteroatoms. The van der Waals surface area contributed by atoms with Crippen molar-refractivity contribution in [1.82, 2.24) is 0 Å². The molecule has 29 heavy (non-hydrogen) atoms. The number of alkyl halides is 1. The van der Waals surface area contributed by atoms with Gasteiger partial charge in [-0.05, 0) is 73.8 Å². The first-order valence-corrected chi connectivity index (χ1v) is 11.5. The Labute approximate surface area is 172 Å². The molecule has 5 fully saturated rings. The monoisotopic (exact) mass is 398 g/mol. The van der Waals surface area contributed by atoms with Crippen molar-refractivity contribution in [2.24, 2.45) is 39.9 Å². The zero-order chi connectivity index (χ0) is 20.4. The van der Waals surface area contributed by atoms with E-state index in [0.29, 0.717) is 18.8 Å². The maximum atomic E-state index is 16.2. The van der Waals surface area contributed by atoms with E-state index in [1.54, 1.807) is 6.08 Å². The average Bonchev–Trinajstić information content (AvgIpc) is 3.24. The van der Waals surface area contributed by atoms with Crippen LogP contribution >= 0.6 is 0 Å². The van der Waals surface area contributed by atoms with Crippen LogP contribution in [0.1, 0.15) is 65.7 Å². The van der Waals surface area contributed by atoms with Crippen LogP contribution in [0.5, 0.6) is 0 Å². The summed E-state index contributed by atoms with van der Waals surface area (Å²) in [4.78, 5) is 24.3. The number of carbonyl (C=O) groups excluding carboxylic acids is 2. The van der Waals surface area contributed by atoms with E-state index in [9.17, 15) is 9.59 Å². The van der Waals surface area contributed by atoms with Gasteiger partial charge in [-0.25, -0.2) is 4.39 Å². The summed E-state index contributed by atoms with van der Waals surface area (Å²) in [5.41, 5.74) is 0.161. The maximum absolute atomic E-state index is 16.2. The van der Waals surface area contributed by atoms with Gasteiger partial charge in [-0.1, -0.05) is 32.4 Å². The molecule has 3 nitrogen and oxygen atoms in total. The van der Waals surface area contributed by atoms with Gasteiger partial charge in [-0.2, -0.15) is 0 Å². The predicted octanol–water partition coefficient (Wildman–Crippen LogP) is 4.95. The third kappa shape index (κ3) is 2.00. The summed E-state index contributed by atoms with van der Waals surface area (Å²) in [6.07, 6.45) is 10.5. The Morgan fingerprint density at radius 3 is 2.55 bits per heavy atom. The van der Waals surface area contributed by atoms with Crippen molar-refractivity contribution < 1.29 is 18.7 Å². The Morgan fingerprint density at radius 1 is 1.14 bits per heavy atom. The molecule has 0 aromatic heterocycles. The van der Waals surface area contributed by atoms with E-state index in [2.05, 4.69) is 20.8 Å². The van der Waals surface area contributed by atoms with Gasteiger partial charge in [0.2, 0.25) is 0 Å². The van der Waals surface area contributed by atoms with Crippen LogP contribution in [0.15, 0.2) is 23.8 Å². The number of esters is 1. The summed E-state index contributed by atoms with van der Waals surface area (Å²) in [6, 6.07) is 0. The summed E-state index contributed by atoms with van der Waals surface area (Å²) in [5.74, 6) is 0.809. The quantitative estimate of drug-likeness (QED) is 0.542. The van der Waals surface area contributed by atoms with Gasteiger partial charge in [0.25, 0.3) is 0 Å². The lowest BCUT2D eigenvalue weighted by atomic mass is 9.44. The molecule has 8 atom stereocenters. The van der Waals surface area contributed by atoms with Gasteiger partial charge < -0.3 is 4.74 Å². The molecule has 0 aromatic rings. The smallest absolute Gasteiger partial charge is 0.306 e. The third-order valence-electron chi connectivity index (χ3n) is 10.4. The Bertz CT molecular complexity index is 884. The fourth-order valence-corrected chi connectivity index (χ4v) is 9.05. The lowest BCUT2D eigenvalue weighted by molar-refractivity contribution is -0.181. The second kappa shape index (κ2) is 5.23. The van der Waals surface area contributed by atoms with Crippen molar-refractivity contribution in [3.05, 3.63) is 23.8 Å². The van der Waals surface area contributed by atoms with E-state index in [0.717, 1.165) is 32.1 Å². The van der Waals surface area contributed by atoms with E-state index in [1.807, 2.05) is 12.2 Å². The molecule has 1 heterocycles. The minimum atomic E-state index is -0.940. The Balaban J connectivity index is 1.47. The minimum Gasteiger partial charge on any atom is -0.458 e. The summed E-state index contributed by atoms with van der Waals surface area (Å²) >= 11 is 0. The first-order chi connectivity index (χ1) is 13.7. The van der Waals surface area contributed by atoms with Crippen LogP contribution in [0.4, 0.5) is 4.39 Å². The van der Waals surface area contributed by atoms with Crippen molar-refractivity contribution in [2.45, 2.75) is 77.5 Å². The normalized spacial score (nSPS) is 54.1. The van der Waals surface area contributed by atoms with E-state index >= 15 is 4.39 Å². The molecule has 6 rings (SSSR count). The molecule has 4 unspecified atom stereocenters. The lowest BCUT2D eigenvalue weighted by Gasteiger charge is -2.61. The Hall–Kier alpha value is -1.45. The molecule has 1 saturated heterocycles. The predicted molar refractivity (Wildman–Crippen MR) is 107 cm³/mol. The molecule has 2 spiro atoms. The summed E-state index contributed by atoms with van der Waals surface area (Å²) in [6.45, 7) is 6.61. The zero-order valence-corrected chi connectivity index (χ0v) is 17.7. The summed E-state index contributed by atoms with van der Waals surface area (Å²) in [7, 11) is 0. The SMILES string of the molecule is CC1CC2C3CC4(CC4)C4=CC(=O)C=C[C@]4(C)C3[C@@H](F)C[C@]2(C)[C@]12CCC(=O)O2. The van der Waals surface area contributed by atoms with Crippen molar-refractivity contribution in [3.63, 3.8) is 0 Å². The van der Waals surface area contributed by atoms with Crippen LogP contribution in [0.3, 0.4) is 0 Å². The van der Waals surface area contributed by atoms with E-state index in [1.165, 1.54) is 5.57 Å². The fourth-order valence-electron chi connectivity index (χ4n) is 9.05. The number of hydrogen-bond donors (Lipinski definition) is 0. The first-order valence-electron chi connectivity index (χ1n) is 11.5. The number of rotatable bonds is 0. The molecule has 0 amide bonds. The molecule has 0 bridgehead atoms. The number of hydrogen-bond acceptors (Lipinski definition) is 3. The molecule has 0 aromatic carbocycles. The van der Waals surface area contributed by atoms with Crippen LogP contribution in [0.2, 0.25) is 0 Å². The lowest BCUT2D eigenvalue weighted by Crippen LogP contribution is -2.60. The highest BCUT2D eigenvalue weighted by atomic mass is 19.1. The number of allylic oxidation sites excluding steroid dienone is 4. The van der Waals surface area contributed by atoms with Crippen LogP contribution in [0, 0.1) is 39.9 Å². The number of carbonyl (C=O) groups is 2. The molecule has 5 aliphatic carbocycles. The second-order valence-corrected chi connectivity index (χ2v) is 11.5. The second-order valence-electron chi connectivity index (χ2n) is 11.5. The largest absolute Gasteiger partial charge is 0.458 e. The minimum absolute atomic E-state index is 0.0598. The highest BCUT2D eigenvalue weighted by Crippen LogP contribution is 2.76. The fraction of sp³-hybridized carbons (Fsp3) is 0.760. The van der Waals surface area contributed by atoms with Gasteiger partial charge >= 0.3 is 5.97 Å². The standard InChI is InChI=1S/C25H31FO3/c1-14-10-17-16-12-24(8-9-24)19-11-15(27)4-6-22(19,2)21(16)18(26)13-23(17,3)25(14)7-5-20(28)29-25/h4,6,11,14,16-18,21H,5,7-10,12-13H2,1-3H3/t14?,16?,17?,18-,21?,22-,23-,25-/m0/s1. The number of fused-ring (bicyclic) bond motifs is 7. The molecule has 6 aliphatic rings. The van der Waals surface area contributed by atoms with Crippen LogP contribution in [-0.2, 0) is 14.3 Å². The van der Waals surface area contributed by atoms with E-state index in [-0.39, 0.29) is 45.8 Å².